The standard InChI is InChI=1S/C15H21N3O3/c1-9-11(14(21)18-12(17-9)10-2-3-10)13(20)16-8-15(4-5-15)6-7-19/h10,19H,2-8H2,1H3,(H,16,20)(H,17,18,21). The number of nitrogens with one attached hydrogen (secondary N) is 2. The second-order valence-corrected chi connectivity index (χ2v) is 6.34. The number of nitrogens with zero attached hydrogens (tertiary/aromatic N) is 1. The zero-order valence-electron chi connectivity index (χ0n) is 12.2. The summed E-state index contributed by atoms with van der Waals surface area (Å²) in [5.74, 6) is 0.689. The molecule has 2 aliphatic rings. The van der Waals surface area contributed by atoms with Gasteiger partial charge < -0.3 is 15.4 Å². The number of amides is 1. The summed E-state index contributed by atoms with van der Waals surface area (Å²) in [6.07, 6.45) is 4.83. The SMILES string of the molecule is Cc1nc(C2CC2)[nH]c(=O)c1C(=O)NCC1(CCO)CC1. The summed E-state index contributed by atoms with van der Waals surface area (Å²) in [6.45, 7) is 2.35. The molecule has 0 radical (unpaired) electrons. The first-order valence-electron chi connectivity index (χ1n) is 7.54. The first-order chi connectivity index (χ1) is 10.0. The first-order valence-corrected chi connectivity index (χ1v) is 7.54. The van der Waals surface area contributed by atoms with E-state index in [0.29, 0.717) is 30.4 Å². The Kier molecular flexibility index (Phi) is 3.57. The summed E-state index contributed by atoms with van der Waals surface area (Å²) in [5, 5.41) is 11.8. The van der Waals surface area contributed by atoms with Gasteiger partial charge in [-0.25, -0.2) is 4.98 Å². The molecule has 2 fully saturated rings. The lowest BCUT2D eigenvalue weighted by atomic mass is 10.0. The average Bonchev–Trinajstić information content (AvgIpc) is 3.31. The summed E-state index contributed by atoms with van der Waals surface area (Å²) in [5.41, 5.74) is 0.283. The quantitative estimate of drug-likeness (QED) is 0.724. The molecule has 1 amide bonds. The third-order valence-electron chi connectivity index (χ3n) is 4.53. The number of hydrogen-bond donors (Lipinski definition) is 3. The summed E-state index contributed by atoms with van der Waals surface area (Å²) >= 11 is 0. The first kappa shape index (κ1) is 14.3. The number of aryl methyl sites for hydroxylation is 1. The molecule has 0 saturated heterocycles. The van der Waals surface area contributed by atoms with Crippen LogP contribution in [-0.4, -0.2) is 34.1 Å². The molecular formula is C15H21N3O3. The minimum atomic E-state index is -0.368. The lowest BCUT2D eigenvalue weighted by molar-refractivity contribution is 0.0938. The molecule has 21 heavy (non-hydrogen) atoms. The number of aromatic nitrogens is 2. The number of carbonyl (C=O) groups excluding carboxylic acids is 1. The Labute approximate surface area is 123 Å². The van der Waals surface area contributed by atoms with Gasteiger partial charge in [0, 0.05) is 19.1 Å². The highest BCUT2D eigenvalue weighted by Crippen LogP contribution is 2.47. The monoisotopic (exact) mass is 291 g/mol. The van der Waals surface area contributed by atoms with E-state index < -0.39 is 0 Å². The van der Waals surface area contributed by atoms with E-state index in [1.165, 1.54) is 0 Å². The number of H-pyrrole nitrogens is 1. The van der Waals surface area contributed by atoms with Crippen LogP contribution in [-0.2, 0) is 0 Å². The van der Waals surface area contributed by atoms with Crippen LogP contribution in [0.5, 0.6) is 0 Å². The van der Waals surface area contributed by atoms with Gasteiger partial charge in [0.15, 0.2) is 0 Å². The molecule has 1 aromatic heterocycles. The van der Waals surface area contributed by atoms with Crippen LogP contribution in [0, 0.1) is 12.3 Å². The normalized spacial score (nSPS) is 19.3. The molecule has 0 unspecified atom stereocenters. The largest absolute Gasteiger partial charge is 0.396 e. The van der Waals surface area contributed by atoms with Crippen molar-refractivity contribution in [2.24, 2.45) is 5.41 Å². The predicted molar refractivity (Wildman–Crippen MR) is 77.3 cm³/mol. The molecule has 2 saturated carbocycles. The molecule has 3 rings (SSSR count). The van der Waals surface area contributed by atoms with Gasteiger partial charge >= 0.3 is 0 Å². The number of aliphatic hydroxyl groups excluding tert-OH is 1. The molecule has 2 aliphatic carbocycles. The van der Waals surface area contributed by atoms with Crippen molar-refractivity contribution in [2.75, 3.05) is 13.2 Å². The molecule has 3 N–H and O–H groups in total. The predicted octanol–water partition coefficient (Wildman–Crippen LogP) is 0.848. The van der Waals surface area contributed by atoms with Crippen molar-refractivity contribution in [3.05, 3.63) is 27.4 Å². The molecule has 114 valence electrons. The molecule has 6 nitrogen and oxygen atoms in total. The maximum atomic E-state index is 12.2. The van der Waals surface area contributed by atoms with Gasteiger partial charge in [0.25, 0.3) is 11.5 Å². The van der Waals surface area contributed by atoms with E-state index in [-0.39, 0.29) is 29.1 Å². The minimum absolute atomic E-state index is 0.0342. The highest BCUT2D eigenvalue weighted by molar-refractivity contribution is 5.94. The summed E-state index contributed by atoms with van der Waals surface area (Å²) < 4.78 is 0. The molecule has 0 spiro atoms. The topological polar surface area (TPSA) is 95.1 Å². The van der Waals surface area contributed by atoms with E-state index >= 15 is 0 Å². The second-order valence-electron chi connectivity index (χ2n) is 6.34. The summed E-state index contributed by atoms with van der Waals surface area (Å²) in [4.78, 5) is 31.4. The molecule has 0 aliphatic heterocycles. The van der Waals surface area contributed by atoms with Gasteiger partial charge in [0.1, 0.15) is 11.4 Å². The van der Waals surface area contributed by atoms with Gasteiger partial charge in [-0.15, -0.1) is 0 Å². The van der Waals surface area contributed by atoms with Gasteiger partial charge in [0.05, 0.1) is 5.69 Å². The third-order valence-corrected chi connectivity index (χ3v) is 4.53. The molecule has 0 atom stereocenters. The lowest BCUT2D eigenvalue weighted by Crippen LogP contribution is -2.35. The number of aromatic amines is 1. The van der Waals surface area contributed by atoms with Crippen LogP contribution >= 0.6 is 0 Å². The van der Waals surface area contributed by atoms with Gasteiger partial charge in [0.2, 0.25) is 0 Å². The lowest BCUT2D eigenvalue weighted by Gasteiger charge is -2.15. The fourth-order valence-corrected chi connectivity index (χ4v) is 2.71. The fraction of sp³-hybridized carbons (Fsp3) is 0.667. The smallest absolute Gasteiger partial charge is 0.264 e. The van der Waals surface area contributed by atoms with Crippen molar-refractivity contribution in [3.63, 3.8) is 0 Å². The number of aliphatic hydroxyl groups is 1. The van der Waals surface area contributed by atoms with Crippen molar-refractivity contribution in [1.82, 2.24) is 15.3 Å². The Hall–Kier alpha value is -1.69. The van der Waals surface area contributed by atoms with Gasteiger partial charge in [-0.1, -0.05) is 0 Å². The average molecular weight is 291 g/mol. The maximum absolute atomic E-state index is 12.2. The zero-order chi connectivity index (χ0) is 15.0. The van der Waals surface area contributed by atoms with Gasteiger partial charge in [-0.2, -0.15) is 0 Å². The van der Waals surface area contributed by atoms with Crippen LogP contribution in [0.25, 0.3) is 0 Å². The van der Waals surface area contributed by atoms with Crippen LogP contribution in [0.4, 0.5) is 0 Å². The fourth-order valence-electron chi connectivity index (χ4n) is 2.71. The zero-order valence-corrected chi connectivity index (χ0v) is 12.2. The van der Waals surface area contributed by atoms with Gasteiger partial charge in [-0.3, -0.25) is 9.59 Å². The van der Waals surface area contributed by atoms with Crippen molar-refractivity contribution in [2.45, 2.75) is 44.9 Å². The maximum Gasteiger partial charge on any atom is 0.264 e. The number of rotatable bonds is 6. The molecule has 1 aromatic rings. The Morgan fingerprint density at radius 1 is 1.48 bits per heavy atom. The van der Waals surface area contributed by atoms with E-state index in [2.05, 4.69) is 15.3 Å². The van der Waals surface area contributed by atoms with Crippen molar-refractivity contribution in [1.29, 1.82) is 0 Å². The van der Waals surface area contributed by atoms with Crippen LogP contribution < -0.4 is 10.9 Å². The Morgan fingerprint density at radius 3 is 2.71 bits per heavy atom. The Bertz CT molecular complexity index is 615. The van der Waals surface area contributed by atoms with Crippen LogP contribution in [0.15, 0.2) is 4.79 Å². The van der Waals surface area contributed by atoms with E-state index in [4.69, 9.17) is 5.11 Å². The van der Waals surface area contributed by atoms with E-state index in [1.807, 2.05) is 0 Å². The van der Waals surface area contributed by atoms with Gasteiger partial charge in [-0.05, 0) is 44.4 Å². The molecule has 6 heteroatoms. The van der Waals surface area contributed by atoms with Crippen LogP contribution in [0.1, 0.15) is 59.9 Å². The molecule has 0 bridgehead atoms. The Balaban J connectivity index is 1.71. The second kappa shape index (κ2) is 5.26. The van der Waals surface area contributed by atoms with E-state index in [0.717, 1.165) is 25.7 Å². The van der Waals surface area contributed by atoms with E-state index in [9.17, 15) is 9.59 Å². The highest BCUT2D eigenvalue weighted by atomic mass is 16.3. The highest BCUT2D eigenvalue weighted by Gasteiger charge is 2.42. The Morgan fingerprint density at radius 2 is 2.19 bits per heavy atom. The van der Waals surface area contributed by atoms with Crippen molar-refractivity contribution in [3.8, 4) is 0 Å². The summed E-state index contributed by atoms with van der Waals surface area (Å²) in [7, 11) is 0. The number of carbonyl (C=O) groups is 1. The van der Waals surface area contributed by atoms with Crippen molar-refractivity contribution >= 4 is 5.91 Å². The van der Waals surface area contributed by atoms with Crippen molar-refractivity contribution < 1.29 is 9.90 Å². The molecule has 1 heterocycles. The van der Waals surface area contributed by atoms with E-state index in [1.54, 1.807) is 6.92 Å². The molecule has 0 aromatic carbocycles. The van der Waals surface area contributed by atoms with Crippen LogP contribution in [0.2, 0.25) is 0 Å². The van der Waals surface area contributed by atoms with Crippen LogP contribution in [0.3, 0.4) is 0 Å². The number of hydrogen-bond acceptors (Lipinski definition) is 4. The minimum Gasteiger partial charge on any atom is -0.396 e. The third kappa shape index (κ3) is 3.00. The molecular weight excluding hydrogens is 270 g/mol. The summed E-state index contributed by atoms with van der Waals surface area (Å²) in [6, 6.07) is 0.